The van der Waals surface area contributed by atoms with Gasteiger partial charge in [-0.1, -0.05) is 58.6 Å². The van der Waals surface area contributed by atoms with Crippen molar-refractivity contribution in [2.45, 2.75) is 64.3 Å². The maximum absolute atomic E-state index is 13.2. The van der Waals surface area contributed by atoms with Crippen molar-refractivity contribution in [1.82, 2.24) is 4.98 Å². The van der Waals surface area contributed by atoms with Crippen LogP contribution in [-0.4, -0.2) is 37.9 Å². The van der Waals surface area contributed by atoms with Crippen LogP contribution in [-0.2, 0) is 16.4 Å². The normalized spacial score (nSPS) is 11.9. The first kappa shape index (κ1) is 33.3. The fourth-order valence-electron chi connectivity index (χ4n) is 3.52. The minimum atomic E-state index is -3.48. The molecule has 0 fully saturated rings. The zero-order valence-corrected chi connectivity index (χ0v) is 25.2. The van der Waals surface area contributed by atoms with E-state index in [0.29, 0.717) is 24.2 Å². The summed E-state index contributed by atoms with van der Waals surface area (Å²) in [5.74, 6) is 0.835. The molecule has 0 unspecified atom stereocenters. The number of fused-ring (bicyclic) bond motifs is 1. The van der Waals surface area contributed by atoms with Crippen molar-refractivity contribution < 1.29 is 53.6 Å². The number of pyridine rings is 1. The third kappa shape index (κ3) is 10.1. The summed E-state index contributed by atoms with van der Waals surface area (Å²) in [6, 6.07) is 10.6. The van der Waals surface area contributed by atoms with E-state index >= 15 is 0 Å². The van der Waals surface area contributed by atoms with E-state index in [-0.39, 0.29) is 53.7 Å². The Morgan fingerprint density at radius 3 is 2.44 bits per heavy atom. The third-order valence-corrected chi connectivity index (χ3v) is 6.59. The molecule has 0 atom stereocenters. The molecule has 1 aliphatic heterocycles. The topological polar surface area (TPSA) is 79.4 Å². The van der Waals surface area contributed by atoms with Crippen LogP contribution in [0, 0.1) is 47.8 Å². The van der Waals surface area contributed by atoms with E-state index in [2.05, 4.69) is 11.6 Å². The van der Waals surface area contributed by atoms with Gasteiger partial charge in [0.25, 0.3) is 5.91 Å². The van der Waals surface area contributed by atoms with E-state index in [0.717, 1.165) is 28.4 Å². The Morgan fingerprint density at radius 2 is 1.76 bits per heavy atom. The number of carbonyl (C=O) groups is 1. The molecule has 0 aliphatic carbocycles. The summed E-state index contributed by atoms with van der Waals surface area (Å²) in [4.78, 5) is 19.6. The Kier molecular flexibility index (Phi) is 16.5. The monoisotopic (exact) mass is 644 g/mol. The second kappa shape index (κ2) is 16.9. The van der Waals surface area contributed by atoms with Gasteiger partial charge in [0.15, 0.2) is 0 Å². The van der Waals surface area contributed by atoms with Crippen molar-refractivity contribution in [1.29, 1.82) is 0 Å². The number of para-hydroxylation sites is 1. The molecule has 0 bridgehead atoms. The molecule has 34 heavy (non-hydrogen) atoms. The SMILES string of the molecule is CC.CCCCCCCSc1ccc2c(n1)CCN2C(=O)c1ccccc1NS(C)(=O)=O.[CH3-].[Sm]. The van der Waals surface area contributed by atoms with E-state index < -0.39 is 10.0 Å². The fourth-order valence-corrected chi connectivity index (χ4v) is 4.99. The Balaban J connectivity index is 0.00000265. The van der Waals surface area contributed by atoms with Gasteiger partial charge in [-0.2, -0.15) is 0 Å². The number of hydrogen-bond acceptors (Lipinski definition) is 5. The standard InChI is InChI=1S/C22H29N3O3S2.C2H6.CH3.Sm/c1-3-4-5-6-9-16-29-21-13-12-20-19(23-21)14-15-25(20)22(26)17-10-7-8-11-18(17)24-30(2,27)28;1-2;;/h7-8,10-13,24H,3-6,9,14-16H2,1-2H3;1-2H3;1H3;/q;;-1;. The molecule has 3 rings (SSSR count). The number of carbonyl (C=O) groups excluding carboxylic acids is 1. The van der Waals surface area contributed by atoms with E-state index in [9.17, 15) is 13.2 Å². The smallest absolute Gasteiger partial charge is 0.260 e. The second-order valence-corrected chi connectivity index (χ2v) is 10.4. The number of amides is 1. The van der Waals surface area contributed by atoms with E-state index in [1.54, 1.807) is 40.9 Å². The number of sulfonamides is 1. The number of nitrogens with one attached hydrogen (secondary N) is 1. The first-order valence-corrected chi connectivity index (χ1v) is 14.3. The van der Waals surface area contributed by atoms with Crippen LogP contribution in [0.25, 0.3) is 0 Å². The van der Waals surface area contributed by atoms with Crippen LogP contribution >= 0.6 is 11.8 Å². The van der Waals surface area contributed by atoms with Gasteiger partial charge in [-0.3, -0.25) is 9.52 Å². The average Bonchev–Trinajstić information content (AvgIpc) is 3.20. The Labute approximate surface area is 243 Å². The van der Waals surface area contributed by atoms with Crippen LogP contribution in [0.1, 0.15) is 68.9 Å². The maximum atomic E-state index is 13.2. The molecule has 1 aliphatic rings. The molecular weight excluding hydrogens is 605 g/mol. The van der Waals surface area contributed by atoms with Crippen LogP contribution in [0.2, 0.25) is 0 Å². The molecule has 1 N–H and O–H groups in total. The molecule has 190 valence electrons. The van der Waals surface area contributed by atoms with E-state index in [1.165, 1.54) is 32.1 Å². The number of rotatable bonds is 10. The van der Waals surface area contributed by atoms with Gasteiger partial charge in [-0.05, 0) is 36.4 Å². The zero-order chi connectivity index (χ0) is 23.6. The number of thioether (sulfide) groups is 1. The molecule has 1 aromatic heterocycles. The minimum Gasteiger partial charge on any atom is -0.358 e. The minimum absolute atomic E-state index is 0. The van der Waals surface area contributed by atoms with E-state index in [4.69, 9.17) is 4.98 Å². The predicted molar refractivity (Wildman–Crippen MR) is 142 cm³/mol. The summed E-state index contributed by atoms with van der Waals surface area (Å²) in [6.07, 6.45) is 8.08. The molecule has 0 spiro atoms. The molecule has 9 heteroatoms. The van der Waals surface area contributed by atoms with Gasteiger partial charge < -0.3 is 12.3 Å². The molecule has 0 saturated carbocycles. The molecule has 1 amide bonds. The Bertz CT molecular complexity index is 1000. The quantitative estimate of drug-likeness (QED) is 0.190. The van der Waals surface area contributed by atoms with Gasteiger partial charge >= 0.3 is 0 Å². The van der Waals surface area contributed by atoms with Gasteiger partial charge in [-0.15, -0.1) is 11.8 Å². The molecule has 2 heterocycles. The van der Waals surface area contributed by atoms with Crippen LogP contribution in [0.15, 0.2) is 41.4 Å². The largest absolute Gasteiger partial charge is 0.358 e. The molecule has 1 aromatic carbocycles. The molecule has 2 aromatic rings. The van der Waals surface area contributed by atoms with Gasteiger partial charge in [0.2, 0.25) is 10.0 Å². The van der Waals surface area contributed by atoms with E-state index in [1.807, 2.05) is 26.0 Å². The van der Waals surface area contributed by atoms with Crippen molar-refractivity contribution in [3.63, 3.8) is 0 Å². The molecular formula is C25H38N3O3S2Sm-. The number of anilines is 2. The summed E-state index contributed by atoms with van der Waals surface area (Å²) < 4.78 is 25.7. The Hall–Kier alpha value is -0.722. The first-order valence-electron chi connectivity index (χ1n) is 11.4. The second-order valence-electron chi connectivity index (χ2n) is 7.50. The van der Waals surface area contributed by atoms with Crippen LogP contribution < -0.4 is 9.62 Å². The summed E-state index contributed by atoms with van der Waals surface area (Å²) >= 11 is 1.77. The van der Waals surface area contributed by atoms with Crippen molar-refractivity contribution >= 4 is 39.1 Å². The van der Waals surface area contributed by atoms with Gasteiger partial charge in [0.05, 0.1) is 33.9 Å². The van der Waals surface area contributed by atoms with Crippen LogP contribution in [0.5, 0.6) is 0 Å². The number of hydrogen-bond donors (Lipinski definition) is 1. The number of nitrogens with zero attached hydrogens (tertiary/aromatic N) is 2. The molecule has 6 nitrogen and oxygen atoms in total. The summed E-state index contributed by atoms with van der Waals surface area (Å²) in [5, 5.41) is 0.998. The average molecular weight is 643 g/mol. The van der Waals surface area contributed by atoms with Crippen molar-refractivity contribution in [2.75, 3.05) is 28.2 Å². The third-order valence-electron chi connectivity index (χ3n) is 4.98. The Morgan fingerprint density at radius 1 is 1.09 bits per heavy atom. The molecule has 0 saturated heterocycles. The summed E-state index contributed by atoms with van der Waals surface area (Å²) in [6.45, 7) is 6.76. The van der Waals surface area contributed by atoms with Gasteiger partial charge in [-0.25, -0.2) is 13.4 Å². The maximum Gasteiger partial charge on any atom is 0.260 e. The van der Waals surface area contributed by atoms with Gasteiger partial charge in [0, 0.05) is 53.4 Å². The van der Waals surface area contributed by atoms with Crippen LogP contribution in [0.3, 0.4) is 0 Å². The summed E-state index contributed by atoms with van der Waals surface area (Å²) in [5.41, 5.74) is 2.36. The number of unbranched alkanes of at least 4 members (excludes halogenated alkanes) is 4. The van der Waals surface area contributed by atoms with Gasteiger partial charge in [0.1, 0.15) is 0 Å². The number of benzene rings is 1. The van der Waals surface area contributed by atoms with Crippen molar-refractivity contribution in [3.8, 4) is 0 Å². The molecule has 0 radical (unpaired) electrons. The predicted octanol–water partition coefficient (Wildman–Crippen LogP) is 6.19. The summed E-state index contributed by atoms with van der Waals surface area (Å²) in [7, 11) is -3.48. The first-order chi connectivity index (χ1) is 15.4. The number of aromatic nitrogens is 1. The zero-order valence-electron chi connectivity index (χ0n) is 21.0. The fraction of sp³-hybridized carbons (Fsp3) is 0.480. The van der Waals surface area contributed by atoms with Crippen LogP contribution in [0.4, 0.5) is 11.4 Å². The van der Waals surface area contributed by atoms with Crippen molar-refractivity contribution in [3.05, 3.63) is 55.1 Å². The van der Waals surface area contributed by atoms with Crippen molar-refractivity contribution in [2.24, 2.45) is 0 Å².